The quantitative estimate of drug-likeness (QED) is 0.709. The van der Waals surface area contributed by atoms with Crippen LogP contribution in [-0.2, 0) is 4.79 Å². The number of aromatic nitrogens is 1. The maximum absolute atomic E-state index is 12.2. The minimum absolute atomic E-state index is 0.177. The lowest BCUT2D eigenvalue weighted by molar-refractivity contribution is -0.118. The average Bonchev–Trinajstić information content (AvgIpc) is 2.67. The highest BCUT2D eigenvalue weighted by Gasteiger charge is 2.10. The highest BCUT2D eigenvalue weighted by atomic mass is 16.5. The van der Waals surface area contributed by atoms with Gasteiger partial charge in [-0.2, -0.15) is 0 Å². The van der Waals surface area contributed by atoms with E-state index in [1.54, 1.807) is 43.6 Å². The third-order valence-corrected chi connectivity index (χ3v) is 3.74. The molecule has 132 valence electrons. The molecule has 2 aromatic carbocycles. The molecule has 0 saturated carbocycles. The lowest BCUT2D eigenvalue weighted by Crippen LogP contribution is -2.20. The number of anilines is 1. The van der Waals surface area contributed by atoms with Crippen molar-refractivity contribution in [3.8, 4) is 11.5 Å². The van der Waals surface area contributed by atoms with Crippen LogP contribution in [0.25, 0.3) is 10.9 Å². The second-order valence-corrected chi connectivity index (χ2v) is 5.44. The van der Waals surface area contributed by atoms with E-state index < -0.39 is 5.91 Å². The second kappa shape index (κ2) is 7.52. The van der Waals surface area contributed by atoms with Crippen LogP contribution in [0.1, 0.15) is 10.4 Å². The van der Waals surface area contributed by atoms with Crippen molar-refractivity contribution in [3.05, 3.63) is 60.3 Å². The minimum atomic E-state index is -0.519. The Hall–Kier alpha value is -3.61. The Morgan fingerprint density at radius 3 is 2.58 bits per heavy atom. The lowest BCUT2D eigenvalue weighted by atomic mass is 10.1. The van der Waals surface area contributed by atoms with E-state index in [4.69, 9.17) is 15.2 Å². The number of carbonyl (C=O) groups excluding carboxylic acids is 2. The molecule has 0 radical (unpaired) electrons. The first-order chi connectivity index (χ1) is 12.6. The molecule has 0 atom stereocenters. The molecule has 0 aliphatic rings. The van der Waals surface area contributed by atoms with Gasteiger partial charge in [-0.25, -0.2) is 0 Å². The molecule has 7 nitrogen and oxygen atoms in total. The van der Waals surface area contributed by atoms with Gasteiger partial charge in [0.2, 0.25) is 5.91 Å². The third-order valence-electron chi connectivity index (χ3n) is 3.74. The number of hydrogen-bond donors (Lipinski definition) is 2. The first kappa shape index (κ1) is 17.2. The summed E-state index contributed by atoms with van der Waals surface area (Å²) in [6.07, 6.45) is 1.66. The van der Waals surface area contributed by atoms with E-state index in [1.165, 1.54) is 12.1 Å². The Bertz CT molecular complexity index is 955. The van der Waals surface area contributed by atoms with Gasteiger partial charge in [0, 0.05) is 17.1 Å². The van der Waals surface area contributed by atoms with Crippen LogP contribution in [-0.4, -0.2) is 30.5 Å². The number of carbonyl (C=O) groups is 2. The number of nitrogens with zero attached hydrogens (tertiary/aromatic N) is 1. The van der Waals surface area contributed by atoms with E-state index in [-0.39, 0.29) is 12.5 Å². The summed E-state index contributed by atoms with van der Waals surface area (Å²) in [5, 5.41) is 3.57. The standard InChI is InChI=1S/C19H17N3O4/c1-25-16-9-8-15(14-3-2-10-21-18(14)16)22-17(23)11-26-13-6-4-12(5-7-13)19(20)24/h2-10H,11H2,1H3,(H2,20,24)(H,22,23). The zero-order valence-corrected chi connectivity index (χ0v) is 14.1. The van der Waals surface area contributed by atoms with E-state index in [2.05, 4.69) is 10.3 Å². The largest absolute Gasteiger partial charge is 0.494 e. The van der Waals surface area contributed by atoms with Gasteiger partial charge in [0.05, 0.1) is 12.8 Å². The number of fused-ring (bicyclic) bond motifs is 1. The smallest absolute Gasteiger partial charge is 0.262 e. The zero-order chi connectivity index (χ0) is 18.5. The number of methoxy groups -OCH3 is 1. The molecule has 2 amide bonds. The maximum Gasteiger partial charge on any atom is 0.262 e. The number of hydrogen-bond acceptors (Lipinski definition) is 5. The highest BCUT2D eigenvalue weighted by molar-refractivity contribution is 6.03. The van der Waals surface area contributed by atoms with Crippen molar-refractivity contribution in [2.24, 2.45) is 5.73 Å². The van der Waals surface area contributed by atoms with Crippen LogP contribution in [0.15, 0.2) is 54.7 Å². The van der Waals surface area contributed by atoms with Gasteiger partial charge < -0.3 is 20.5 Å². The van der Waals surface area contributed by atoms with Crippen LogP contribution in [0, 0.1) is 0 Å². The summed E-state index contributed by atoms with van der Waals surface area (Å²) in [6.45, 7) is -0.177. The monoisotopic (exact) mass is 351 g/mol. The van der Waals surface area contributed by atoms with Crippen LogP contribution in [0.2, 0.25) is 0 Å². The SMILES string of the molecule is COc1ccc(NC(=O)COc2ccc(C(N)=O)cc2)c2cccnc12. The van der Waals surface area contributed by atoms with Crippen molar-refractivity contribution in [2.45, 2.75) is 0 Å². The van der Waals surface area contributed by atoms with Gasteiger partial charge in [0.1, 0.15) is 17.0 Å². The molecule has 0 bridgehead atoms. The van der Waals surface area contributed by atoms with Crippen LogP contribution in [0.4, 0.5) is 5.69 Å². The van der Waals surface area contributed by atoms with Gasteiger partial charge in [-0.05, 0) is 48.5 Å². The number of rotatable bonds is 6. The second-order valence-electron chi connectivity index (χ2n) is 5.44. The van der Waals surface area contributed by atoms with Crippen LogP contribution in [0.3, 0.4) is 0 Å². The normalized spacial score (nSPS) is 10.3. The summed E-state index contributed by atoms with van der Waals surface area (Å²) >= 11 is 0. The summed E-state index contributed by atoms with van der Waals surface area (Å²) in [6, 6.07) is 13.4. The molecule has 0 aliphatic heterocycles. The maximum atomic E-state index is 12.2. The van der Waals surface area contributed by atoms with E-state index in [0.717, 1.165) is 5.39 Å². The van der Waals surface area contributed by atoms with E-state index >= 15 is 0 Å². The molecule has 1 aromatic heterocycles. The molecule has 0 fully saturated rings. The Kier molecular flexibility index (Phi) is 4.98. The molecule has 0 aliphatic carbocycles. The van der Waals surface area contributed by atoms with E-state index in [9.17, 15) is 9.59 Å². The van der Waals surface area contributed by atoms with E-state index in [1.807, 2.05) is 6.07 Å². The van der Waals surface area contributed by atoms with Gasteiger partial charge in [0.25, 0.3) is 5.91 Å². The Labute approximate surface area is 149 Å². The van der Waals surface area contributed by atoms with Crippen molar-refractivity contribution >= 4 is 28.4 Å². The van der Waals surface area contributed by atoms with Crippen molar-refractivity contribution in [1.82, 2.24) is 4.98 Å². The highest BCUT2D eigenvalue weighted by Crippen LogP contribution is 2.29. The molecule has 26 heavy (non-hydrogen) atoms. The number of nitrogens with one attached hydrogen (secondary N) is 1. The molecule has 0 saturated heterocycles. The Morgan fingerprint density at radius 1 is 1.12 bits per heavy atom. The first-order valence-corrected chi connectivity index (χ1v) is 7.82. The van der Waals surface area contributed by atoms with Gasteiger partial charge in [-0.1, -0.05) is 0 Å². The first-order valence-electron chi connectivity index (χ1n) is 7.82. The molecular weight excluding hydrogens is 334 g/mol. The summed E-state index contributed by atoms with van der Waals surface area (Å²) < 4.78 is 10.7. The Balaban J connectivity index is 1.69. The van der Waals surface area contributed by atoms with E-state index in [0.29, 0.717) is 28.3 Å². The molecule has 0 unspecified atom stereocenters. The lowest BCUT2D eigenvalue weighted by Gasteiger charge is -2.11. The van der Waals surface area contributed by atoms with Crippen molar-refractivity contribution in [3.63, 3.8) is 0 Å². The Morgan fingerprint density at radius 2 is 1.88 bits per heavy atom. The number of benzene rings is 2. The van der Waals surface area contributed by atoms with Gasteiger partial charge in [-0.15, -0.1) is 0 Å². The van der Waals surface area contributed by atoms with Crippen LogP contribution in [0.5, 0.6) is 11.5 Å². The minimum Gasteiger partial charge on any atom is -0.494 e. The predicted octanol–water partition coefficient (Wildman–Crippen LogP) is 2.36. The molecule has 3 rings (SSSR count). The van der Waals surface area contributed by atoms with Gasteiger partial charge >= 0.3 is 0 Å². The fourth-order valence-corrected chi connectivity index (χ4v) is 2.47. The fourth-order valence-electron chi connectivity index (χ4n) is 2.47. The number of ether oxygens (including phenoxy) is 2. The summed E-state index contributed by atoms with van der Waals surface area (Å²) in [5.74, 6) is 0.254. The third kappa shape index (κ3) is 3.72. The zero-order valence-electron chi connectivity index (χ0n) is 14.1. The molecular formula is C19H17N3O4. The van der Waals surface area contributed by atoms with Gasteiger partial charge in [-0.3, -0.25) is 14.6 Å². The molecule has 0 spiro atoms. The summed E-state index contributed by atoms with van der Waals surface area (Å²) in [7, 11) is 1.57. The number of amides is 2. The average molecular weight is 351 g/mol. The van der Waals surface area contributed by atoms with Crippen LogP contribution >= 0.6 is 0 Å². The molecule has 3 N–H and O–H groups in total. The predicted molar refractivity (Wildman–Crippen MR) is 97.4 cm³/mol. The van der Waals surface area contributed by atoms with Crippen molar-refractivity contribution < 1.29 is 19.1 Å². The van der Waals surface area contributed by atoms with Crippen LogP contribution < -0.4 is 20.5 Å². The molecule has 7 heteroatoms. The number of nitrogens with two attached hydrogens (primary N) is 1. The number of primary amides is 1. The topological polar surface area (TPSA) is 104 Å². The number of pyridine rings is 1. The summed E-state index contributed by atoms with van der Waals surface area (Å²) in [4.78, 5) is 27.5. The van der Waals surface area contributed by atoms with Crippen molar-refractivity contribution in [1.29, 1.82) is 0 Å². The molecule has 1 heterocycles. The van der Waals surface area contributed by atoms with Gasteiger partial charge in [0.15, 0.2) is 6.61 Å². The fraction of sp³-hybridized carbons (Fsp3) is 0.105. The summed E-state index contributed by atoms with van der Waals surface area (Å²) in [5.41, 5.74) is 6.83. The van der Waals surface area contributed by atoms with Crippen molar-refractivity contribution in [2.75, 3.05) is 19.0 Å². The molecule has 3 aromatic rings.